The molecular weight excluding hydrogens is 329 g/mol. The van der Waals surface area contributed by atoms with Crippen molar-refractivity contribution in [3.05, 3.63) is 31.8 Å². The summed E-state index contributed by atoms with van der Waals surface area (Å²) in [6, 6.07) is 6.99. The van der Waals surface area contributed by atoms with E-state index in [2.05, 4.69) is 62.0 Å². The smallest absolute Gasteiger partial charge is 0.0356 e. The second-order valence-corrected chi connectivity index (χ2v) is 4.89. The molecule has 0 bridgehead atoms. The summed E-state index contributed by atoms with van der Waals surface area (Å²) in [7, 11) is 0. The molecule has 0 spiro atoms. The molecule has 1 atom stereocenters. The van der Waals surface area contributed by atoms with Gasteiger partial charge in [-0.05, 0) is 63.1 Å². The Balaban J connectivity index is 2.36. The highest BCUT2D eigenvalue weighted by Crippen LogP contribution is 2.32. The van der Waals surface area contributed by atoms with E-state index in [1.54, 1.807) is 0 Å². The molecule has 0 aromatic heterocycles. The van der Waals surface area contributed by atoms with Crippen molar-refractivity contribution in [2.75, 3.05) is 6.54 Å². The van der Waals surface area contributed by atoms with Crippen LogP contribution in [0, 0.1) is 3.57 Å². The zero-order valence-corrected chi connectivity index (χ0v) is 10.2. The highest BCUT2D eigenvalue weighted by atomic mass is 127. The van der Waals surface area contributed by atoms with Gasteiger partial charge in [0.2, 0.25) is 0 Å². The summed E-state index contributed by atoms with van der Waals surface area (Å²) >= 11 is 5.96. The fourth-order valence-electron chi connectivity index (χ4n) is 1.34. The lowest BCUT2D eigenvalue weighted by Gasteiger charge is -2.29. The van der Waals surface area contributed by atoms with Crippen molar-refractivity contribution in [2.45, 2.75) is 12.5 Å². The first kappa shape index (κ1) is 8.97. The summed E-state index contributed by atoms with van der Waals surface area (Å²) in [6.45, 7) is 1.16. The van der Waals surface area contributed by atoms with Gasteiger partial charge in [-0.1, -0.05) is 12.1 Å². The highest BCUT2D eigenvalue weighted by molar-refractivity contribution is 14.1. The maximum Gasteiger partial charge on any atom is 0.0356 e. The minimum atomic E-state index is 0.578. The molecule has 1 aromatic carbocycles. The number of halogens is 2. The van der Waals surface area contributed by atoms with Crippen molar-refractivity contribution in [1.29, 1.82) is 0 Å². The third-order valence-electron chi connectivity index (χ3n) is 2.18. The molecule has 12 heavy (non-hydrogen) atoms. The maximum atomic E-state index is 3.61. The molecule has 1 N–H and O–H groups in total. The fourth-order valence-corrected chi connectivity index (χ4v) is 2.40. The second kappa shape index (κ2) is 3.64. The largest absolute Gasteiger partial charge is 0.310 e. The summed E-state index contributed by atoms with van der Waals surface area (Å²) in [4.78, 5) is 0. The van der Waals surface area contributed by atoms with Gasteiger partial charge >= 0.3 is 0 Å². The van der Waals surface area contributed by atoms with E-state index in [1.807, 2.05) is 0 Å². The molecule has 1 saturated heterocycles. The van der Waals surface area contributed by atoms with E-state index in [1.165, 1.54) is 20.0 Å². The molecule has 0 radical (unpaired) electrons. The molecule has 0 unspecified atom stereocenters. The van der Waals surface area contributed by atoms with Crippen LogP contribution in [0.25, 0.3) is 0 Å². The van der Waals surface area contributed by atoms with Crippen LogP contribution in [-0.2, 0) is 0 Å². The summed E-state index contributed by atoms with van der Waals surface area (Å²) in [5.74, 6) is 0. The van der Waals surface area contributed by atoms with Gasteiger partial charge < -0.3 is 5.32 Å². The summed E-state index contributed by atoms with van der Waals surface area (Å²) in [6.07, 6.45) is 1.26. The number of hydrogen-bond donors (Lipinski definition) is 1. The molecule has 1 fully saturated rings. The Kier molecular flexibility index (Phi) is 2.72. The predicted molar refractivity (Wildman–Crippen MR) is 62.2 cm³/mol. The average molecular weight is 338 g/mol. The number of rotatable bonds is 1. The molecule has 64 valence electrons. The summed E-state index contributed by atoms with van der Waals surface area (Å²) in [5.41, 5.74) is 1.40. The van der Waals surface area contributed by atoms with Crippen LogP contribution < -0.4 is 5.32 Å². The van der Waals surface area contributed by atoms with Crippen LogP contribution in [0.1, 0.15) is 18.0 Å². The standard InChI is InChI=1S/C9H9BrIN/c10-9-6(8-4-5-12-8)2-1-3-7(9)11/h1-3,8,12H,4-5H2/t8-/m0/s1. The predicted octanol–water partition coefficient (Wildman–Crippen LogP) is 3.09. The topological polar surface area (TPSA) is 12.0 Å². The van der Waals surface area contributed by atoms with Gasteiger partial charge in [-0.3, -0.25) is 0 Å². The van der Waals surface area contributed by atoms with E-state index in [-0.39, 0.29) is 0 Å². The fraction of sp³-hybridized carbons (Fsp3) is 0.333. The van der Waals surface area contributed by atoms with Crippen molar-refractivity contribution < 1.29 is 0 Å². The van der Waals surface area contributed by atoms with E-state index in [9.17, 15) is 0 Å². The van der Waals surface area contributed by atoms with Crippen molar-refractivity contribution >= 4 is 38.5 Å². The van der Waals surface area contributed by atoms with E-state index in [4.69, 9.17) is 0 Å². The van der Waals surface area contributed by atoms with Crippen LogP contribution in [0.5, 0.6) is 0 Å². The van der Waals surface area contributed by atoms with Gasteiger partial charge in [0.1, 0.15) is 0 Å². The zero-order valence-electron chi connectivity index (χ0n) is 6.48. The van der Waals surface area contributed by atoms with Crippen LogP contribution in [0.3, 0.4) is 0 Å². The first-order chi connectivity index (χ1) is 5.79. The lowest BCUT2D eigenvalue weighted by molar-refractivity contribution is 0.382. The van der Waals surface area contributed by atoms with E-state index < -0.39 is 0 Å². The molecule has 0 saturated carbocycles. The van der Waals surface area contributed by atoms with Crippen LogP contribution in [0.15, 0.2) is 22.7 Å². The molecule has 1 aliphatic rings. The average Bonchev–Trinajstić information content (AvgIpc) is 1.95. The Morgan fingerprint density at radius 1 is 1.50 bits per heavy atom. The number of benzene rings is 1. The Hall–Kier alpha value is 0.390. The first-order valence-electron chi connectivity index (χ1n) is 3.96. The van der Waals surface area contributed by atoms with Gasteiger partial charge in [-0.2, -0.15) is 0 Å². The monoisotopic (exact) mass is 337 g/mol. The molecule has 1 aliphatic heterocycles. The highest BCUT2D eigenvalue weighted by Gasteiger charge is 2.20. The molecule has 1 nitrogen and oxygen atoms in total. The van der Waals surface area contributed by atoms with Crippen LogP contribution in [-0.4, -0.2) is 6.54 Å². The SMILES string of the molecule is Brc1c(I)cccc1[C@@H]1CCN1. The normalized spacial score (nSPS) is 22.0. The zero-order chi connectivity index (χ0) is 8.55. The molecular formula is C9H9BrIN. The van der Waals surface area contributed by atoms with Gasteiger partial charge in [0.25, 0.3) is 0 Å². The summed E-state index contributed by atoms with van der Waals surface area (Å²) in [5, 5.41) is 3.40. The van der Waals surface area contributed by atoms with Crippen LogP contribution in [0.2, 0.25) is 0 Å². The maximum absolute atomic E-state index is 3.61. The molecule has 0 amide bonds. The third kappa shape index (κ3) is 1.54. The summed E-state index contributed by atoms with van der Waals surface area (Å²) < 4.78 is 2.54. The quantitative estimate of drug-likeness (QED) is 0.776. The van der Waals surface area contributed by atoms with Gasteiger partial charge in [0.05, 0.1) is 0 Å². The lowest BCUT2D eigenvalue weighted by atomic mass is 9.98. The molecule has 1 heterocycles. The van der Waals surface area contributed by atoms with Gasteiger partial charge in [0, 0.05) is 14.1 Å². The lowest BCUT2D eigenvalue weighted by Crippen LogP contribution is -2.35. The van der Waals surface area contributed by atoms with Crippen LogP contribution in [0.4, 0.5) is 0 Å². The number of nitrogens with one attached hydrogen (secondary N) is 1. The van der Waals surface area contributed by atoms with Crippen molar-refractivity contribution in [3.63, 3.8) is 0 Å². The molecule has 0 aliphatic carbocycles. The second-order valence-electron chi connectivity index (χ2n) is 2.94. The first-order valence-corrected chi connectivity index (χ1v) is 5.83. The van der Waals surface area contributed by atoms with Gasteiger partial charge in [0.15, 0.2) is 0 Å². The Morgan fingerprint density at radius 2 is 2.25 bits per heavy atom. The third-order valence-corrected chi connectivity index (χ3v) is 4.71. The molecule has 1 aromatic rings. The van der Waals surface area contributed by atoms with Crippen molar-refractivity contribution in [1.82, 2.24) is 5.32 Å². The Labute approximate surface area is 94.2 Å². The van der Waals surface area contributed by atoms with Crippen LogP contribution >= 0.6 is 38.5 Å². The number of hydrogen-bond acceptors (Lipinski definition) is 1. The van der Waals surface area contributed by atoms with Gasteiger partial charge in [-0.25, -0.2) is 0 Å². The minimum absolute atomic E-state index is 0.578. The minimum Gasteiger partial charge on any atom is -0.310 e. The Bertz CT molecular complexity index is 297. The van der Waals surface area contributed by atoms with Gasteiger partial charge in [-0.15, -0.1) is 0 Å². The van der Waals surface area contributed by atoms with Crippen molar-refractivity contribution in [2.24, 2.45) is 0 Å². The Morgan fingerprint density at radius 3 is 2.83 bits per heavy atom. The molecule has 3 heteroatoms. The van der Waals surface area contributed by atoms with E-state index >= 15 is 0 Å². The molecule has 2 rings (SSSR count). The van der Waals surface area contributed by atoms with Crippen molar-refractivity contribution in [3.8, 4) is 0 Å². The van der Waals surface area contributed by atoms with E-state index in [0.29, 0.717) is 6.04 Å². The van der Waals surface area contributed by atoms with E-state index in [0.717, 1.165) is 6.54 Å².